The maximum absolute atomic E-state index is 13.0. The van der Waals surface area contributed by atoms with Crippen molar-refractivity contribution < 1.29 is 44.9 Å². The first-order valence-electron chi connectivity index (χ1n) is 21.6. The van der Waals surface area contributed by atoms with Crippen LogP contribution in [0.25, 0.3) is 0 Å². The second kappa shape index (κ2) is 32.8. The number of carbonyl (C=O) groups excluding carboxylic acids is 1. The average molecular weight is 756 g/mol. The van der Waals surface area contributed by atoms with Crippen LogP contribution in [0.1, 0.15) is 181 Å². The number of amides is 1. The Kier molecular flexibility index (Phi) is 30.8. The zero-order chi connectivity index (χ0) is 39.1. The van der Waals surface area contributed by atoms with Gasteiger partial charge in [0.15, 0.2) is 6.29 Å². The van der Waals surface area contributed by atoms with Crippen LogP contribution in [0.15, 0.2) is 23.8 Å². The SMILES string of the molecule is CCCCCCCCCCCCCCCCC(O)C(=O)NC(CO[C@@H]1OC(CO)[C@@H](O)[C@H](O)C1O)C(O)/C=C/CC/C=C(\C)CCCCCCCCC. The van der Waals surface area contributed by atoms with Gasteiger partial charge >= 0.3 is 0 Å². The van der Waals surface area contributed by atoms with E-state index in [0.717, 1.165) is 32.1 Å². The van der Waals surface area contributed by atoms with E-state index in [2.05, 4.69) is 32.2 Å². The highest BCUT2D eigenvalue weighted by atomic mass is 16.7. The standard InChI is InChI=1S/C43H81NO9/c1-4-6-8-10-12-13-14-15-16-17-18-20-22-26-31-37(47)42(51)44-35(33-52-43-41(50)40(49)39(48)38(32-45)53-43)36(46)30-27-23-25-29-34(3)28-24-21-19-11-9-7-5-2/h27,29-30,35-41,43,45-50H,4-26,28,31-33H2,1-3H3,(H,44,51)/b30-27+,34-29+/t35?,36?,37?,38?,39-,40+,41?,43-/m1/s1. The molecule has 1 saturated heterocycles. The third-order valence-electron chi connectivity index (χ3n) is 10.5. The Bertz CT molecular complexity index is 929. The number of aliphatic hydroxyl groups excluding tert-OH is 6. The minimum atomic E-state index is -1.61. The Labute approximate surface area is 322 Å². The van der Waals surface area contributed by atoms with Crippen molar-refractivity contribution in [2.45, 2.75) is 230 Å². The van der Waals surface area contributed by atoms with Gasteiger partial charge in [-0.05, 0) is 39.0 Å². The molecule has 7 N–H and O–H groups in total. The van der Waals surface area contributed by atoms with Crippen LogP contribution in [0.5, 0.6) is 0 Å². The lowest BCUT2D eigenvalue weighted by Gasteiger charge is -2.40. The Balaban J connectivity index is 2.54. The first-order chi connectivity index (χ1) is 25.7. The summed E-state index contributed by atoms with van der Waals surface area (Å²) in [7, 11) is 0. The molecule has 1 fully saturated rings. The molecular weight excluding hydrogens is 674 g/mol. The van der Waals surface area contributed by atoms with Gasteiger partial charge in [-0.25, -0.2) is 0 Å². The average Bonchev–Trinajstić information content (AvgIpc) is 3.15. The number of nitrogens with one attached hydrogen (secondary N) is 1. The zero-order valence-electron chi connectivity index (χ0n) is 33.9. The molecule has 0 spiro atoms. The molecule has 0 bridgehead atoms. The number of carbonyl (C=O) groups is 1. The summed E-state index contributed by atoms with van der Waals surface area (Å²) in [4.78, 5) is 13.0. The molecular formula is C43H81NO9. The summed E-state index contributed by atoms with van der Waals surface area (Å²) in [6, 6.07) is -0.994. The molecule has 1 heterocycles. The Hall–Kier alpha value is -1.37. The molecule has 1 aliphatic rings. The lowest BCUT2D eigenvalue weighted by atomic mass is 9.99. The van der Waals surface area contributed by atoms with Crippen molar-refractivity contribution in [3.8, 4) is 0 Å². The van der Waals surface area contributed by atoms with Crippen molar-refractivity contribution in [3.63, 3.8) is 0 Å². The first kappa shape index (κ1) is 49.6. The molecule has 0 aliphatic carbocycles. The normalized spacial score (nSPS) is 22.7. The van der Waals surface area contributed by atoms with Gasteiger partial charge in [0.05, 0.1) is 25.4 Å². The highest BCUT2D eigenvalue weighted by Crippen LogP contribution is 2.23. The van der Waals surface area contributed by atoms with Crippen molar-refractivity contribution in [3.05, 3.63) is 23.8 Å². The van der Waals surface area contributed by atoms with Crippen LogP contribution in [0, 0.1) is 0 Å². The summed E-state index contributed by atoms with van der Waals surface area (Å²) in [5, 5.41) is 64.6. The summed E-state index contributed by atoms with van der Waals surface area (Å²) in [5.41, 5.74) is 1.36. The monoisotopic (exact) mass is 756 g/mol. The van der Waals surface area contributed by atoms with E-state index in [4.69, 9.17) is 9.47 Å². The predicted octanol–water partition coefficient (Wildman–Crippen LogP) is 7.30. The molecule has 0 radical (unpaired) electrons. The molecule has 0 saturated carbocycles. The smallest absolute Gasteiger partial charge is 0.249 e. The van der Waals surface area contributed by atoms with Crippen LogP contribution in [-0.2, 0) is 14.3 Å². The van der Waals surface area contributed by atoms with E-state index in [0.29, 0.717) is 19.3 Å². The third-order valence-corrected chi connectivity index (χ3v) is 10.5. The predicted molar refractivity (Wildman–Crippen MR) is 213 cm³/mol. The van der Waals surface area contributed by atoms with Gasteiger partial charge in [0.2, 0.25) is 5.91 Å². The van der Waals surface area contributed by atoms with Gasteiger partial charge in [-0.2, -0.15) is 0 Å². The number of unbranched alkanes of at least 4 members (excludes halogenated alkanes) is 20. The largest absolute Gasteiger partial charge is 0.394 e. The van der Waals surface area contributed by atoms with Crippen LogP contribution < -0.4 is 5.32 Å². The molecule has 8 atom stereocenters. The first-order valence-corrected chi connectivity index (χ1v) is 21.6. The van der Waals surface area contributed by atoms with E-state index in [-0.39, 0.29) is 6.61 Å². The molecule has 0 aromatic carbocycles. The number of hydrogen-bond acceptors (Lipinski definition) is 9. The van der Waals surface area contributed by atoms with Crippen LogP contribution in [0.4, 0.5) is 0 Å². The minimum Gasteiger partial charge on any atom is -0.394 e. The fourth-order valence-electron chi connectivity index (χ4n) is 6.83. The van der Waals surface area contributed by atoms with E-state index in [1.54, 1.807) is 6.08 Å². The lowest BCUT2D eigenvalue weighted by molar-refractivity contribution is -0.302. The van der Waals surface area contributed by atoms with Gasteiger partial charge in [-0.3, -0.25) is 4.79 Å². The van der Waals surface area contributed by atoms with Crippen LogP contribution in [-0.4, -0.2) is 98.7 Å². The second-order valence-corrected chi connectivity index (χ2v) is 15.5. The fourth-order valence-corrected chi connectivity index (χ4v) is 6.83. The molecule has 312 valence electrons. The molecule has 0 aromatic heterocycles. The van der Waals surface area contributed by atoms with Crippen LogP contribution >= 0.6 is 0 Å². The molecule has 1 aliphatic heterocycles. The van der Waals surface area contributed by atoms with Gasteiger partial charge in [0, 0.05) is 0 Å². The minimum absolute atomic E-state index is 0.306. The number of hydrogen-bond donors (Lipinski definition) is 7. The van der Waals surface area contributed by atoms with Gasteiger partial charge in [0.1, 0.15) is 30.5 Å². The molecule has 1 rings (SSSR count). The van der Waals surface area contributed by atoms with Crippen molar-refractivity contribution in [2.24, 2.45) is 0 Å². The van der Waals surface area contributed by atoms with Crippen molar-refractivity contribution in [1.29, 1.82) is 0 Å². The van der Waals surface area contributed by atoms with E-state index < -0.39 is 61.5 Å². The quantitative estimate of drug-likeness (QED) is 0.0263. The summed E-state index contributed by atoms with van der Waals surface area (Å²) in [6.07, 6.45) is 24.9. The lowest BCUT2D eigenvalue weighted by Crippen LogP contribution is -2.60. The molecule has 10 nitrogen and oxygen atoms in total. The molecule has 1 amide bonds. The molecule has 0 aromatic rings. The third kappa shape index (κ3) is 24.0. The summed E-state index contributed by atoms with van der Waals surface area (Å²) in [6.45, 7) is 5.72. The Morgan fingerprint density at radius 1 is 0.717 bits per heavy atom. The fraction of sp³-hybridized carbons (Fsp3) is 0.884. The van der Waals surface area contributed by atoms with Gasteiger partial charge in [0.25, 0.3) is 0 Å². The maximum atomic E-state index is 13.0. The molecule has 5 unspecified atom stereocenters. The topological polar surface area (TPSA) is 169 Å². The van der Waals surface area contributed by atoms with Crippen molar-refractivity contribution in [1.82, 2.24) is 5.32 Å². The number of aliphatic hydroxyl groups is 6. The van der Waals surface area contributed by atoms with Crippen molar-refractivity contribution in [2.75, 3.05) is 13.2 Å². The van der Waals surface area contributed by atoms with E-state index in [1.165, 1.54) is 115 Å². The Morgan fingerprint density at radius 3 is 1.75 bits per heavy atom. The number of allylic oxidation sites excluding steroid dienone is 3. The highest BCUT2D eigenvalue weighted by Gasteiger charge is 2.44. The summed E-state index contributed by atoms with van der Waals surface area (Å²) in [5.74, 6) is -0.626. The Morgan fingerprint density at radius 2 is 1.23 bits per heavy atom. The highest BCUT2D eigenvalue weighted by molar-refractivity contribution is 5.80. The number of rotatable bonds is 34. The van der Waals surface area contributed by atoms with Crippen LogP contribution in [0.2, 0.25) is 0 Å². The van der Waals surface area contributed by atoms with Gasteiger partial charge in [-0.15, -0.1) is 0 Å². The second-order valence-electron chi connectivity index (χ2n) is 15.5. The molecule has 10 heteroatoms. The summed E-state index contributed by atoms with van der Waals surface area (Å²) >= 11 is 0. The van der Waals surface area contributed by atoms with Gasteiger partial charge < -0.3 is 45.4 Å². The van der Waals surface area contributed by atoms with E-state index in [1.807, 2.05) is 6.08 Å². The molecule has 53 heavy (non-hydrogen) atoms. The van der Waals surface area contributed by atoms with E-state index >= 15 is 0 Å². The zero-order valence-corrected chi connectivity index (χ0v) is 33.9. The number of ether oxygens (including phenoxy) is 2. The van der Waals surface area contributed by atoms with Gasteiger partial charge in [-0.1, -0.05) is 166 Å². The van der Waals surface area contributed by atoms with Crippen molar-refractivity contribution >= 4 is 5.91 Å². The summed E-state index contributed by atoms with van der Waals surface area (Å²) < 4.78 is 11.1. The maximum Gasteiger partial charge on any atom is 0.249 e. The van der Waals surface area contributed by atoms with Crippen LogP contribution in [0.3, 0.4) is 0 Å². The van der Waals surface area contributed by atoms with E-state index in [9.17, 15) is 35.4 Å².